The fraction of sp³-hybridized carbons (Fsp3) is 0.250. The number of likely N-dealkylation sites (tertiary alicyclic amines) is 1. The van der Waals surface area contributed by atoms with Crippen LogP contribution in [0.1, 0.15) is 12.2 Å². The summed E-state index contributed by atoms with van der Waals surface area (Å²) in [4.78, 5) is 26.0. The molecule has 0 saturated carbocycles. The van der Waals surface area contributed by atoms with E-state index in [9.17, 15) is 9.59 Å². The molecule has 0 radical (unpaired) electrons. The van der Waals surface area contributed by atoms with Crippen molar-refractivity contribution >= 4 is 33.4 Å². The first kappa shape index (κ1) is 14.8. The van der Waals surface area contributed by atoms with Crippen LogP contribution in [0.25, 0.3) is 0 Å². The lowest BCUT2D eigenvalue weighted by atomic mass is 10.1. The van der Waals surface area contributed by atoms with E-state index in [1.807, 2.05) is 30.3 Å². The third-order valence-corrected chi connectivity index (χ3v) is 4.10. The zero-order valence-corrected chi connectivity index (χ0v) is 13.4. The summed E-state index contributed by atoms with van der Waals surface area (Å²) in [5, 5.41) is 2.85. The van der Waals surface area contributed by atoms with Crippen LogP contribution in [-0.2, 0) is 16.1 Å². The van der Waals surface area contributed by atoms with Crippen molar-refractivity contribution < 1.29 is 14.0 Å². The van der Waals surface area contributed by atoms with Crippen molar-refractivity contribution in [2.45, 2.75) is 13.0 Å². The number of halogens is 1. The maximum atomic E-state index is 12.3. The molecular weight excluding hydrogens is 348 g/mol. The van der Waals surface area contributed by atoms with Crippen molar-refractivity contribution in [3.8, 4) is 0 Å². The topological polar surface area (TPSA) is 62.6 Å². The first-order valence-electron chi connectivity index (χ1n) is 6.98. The normalized spacial score (nSPS) is 17.8. The molecule has 1 saturated heterocycles. The Morgan fingerprint density at radius 3 is 2.95 bits per heavy atom. The first-order valence-corrected chi connectivity index (χ1v) is 7.78. The second kappa shape index (κ2) is 6.36. The molecule has 2 amide bonds. The fourth-order valence-corrected chi connectivity index (χ4v) is 2.90. The van der Waals surface area contributed by atoms with E-state index in [1.54, 1.807) is 17.2 Å². The van der Waals surface area contributed by atoms with E-state index in [-0.39, 0.29) is 24.2 Å². The molecular formula is C16H15BrN2O3. The number of hydrogen-bond acceptors (Lipinski definition) is 3. The SMILES string of the molecule is O=C(Nc1cccc(Br)c1)C1CC(=O)N(Cc2ccco2)C1. The summed E-state index contributed by atoms with van der Waals surface area (Å²) < 4.78 is 6.14. The number of amides is 2. The maximum absolute atomic E-state index is 12.3. The van der Waals surface area contributed by atoms with Gasteiger partial charge in [0, 0.05) is 23.1 Å². The summed E-state index contributed by atoms with van der Waals surface area (Å²) in [5.41, 5.74) is 0.719. The van der Waals surface area contributed by atoms with Gasteiger partial charge in [-0.25, -0.2) is 0 Å². The summed E-state index contributed by atoms with van der Waals surface area (Å²) in [7, 11) is 0. The zero-order valence-electron chi connectivity index (χ0n) is 11.8. The number of benzene rings is 1. The molecule has 5 nitrogen and oxygen atoms in total. The van der Waals surface area contributed by atoms with Gasteiger partial charge in [0.1, 0.15) is 5.76 Å². The van der Waals surface area contributed by atoms with E-state index in [1.165, 1.54) is 0 Å². The van der Waals surface area contributed by atoms with Crippen LogP contribution in [0, 0.1) is 5.92 Å². The summed E-state index contributed by atoms with van der Waals surface area (Å²) in [6.07, 6.45) is 1.81. The molecule has 114 valence electrons. The quantitative estimate of drug-likeness (QED) is 0.908. The average Bonchev–Trinajstić information content (AvgIpc) is 3.10. The number of carbonyl (C=O) groups excluding carboxylic acids is 2. The van der Waals surface area contributed by atoms with Gasteiger partial charge in [0.15, 0.2) is 0 Å². The van der Waals surface area contributed by atoms with E-state index >= 15 is 0 Å². The lowest BCUT2D eigenvalue weighted by Crippen LogP contribution is -2.27. The standard InChI is InChI=1S/C16H15BrN2O3/c17-12-3-1-4-13(8-12)18-16(21)11-7-15(20)19(9-11)10-14-5-2-6-22-14/h1-6,8,11H,7,9-10H2,(H,18,21). The van der Waals surface area contributed by atoms with E-state index in [2.05, 4.69) is 21.2 Å². The highest BCUT2D eigenvalue weighted by atomic mass is 79.9. The number of carbonyl (C=O) groups is 2. The van der Waals surface area contributed by atoms with Crippen molar-refractivity contribution in [2.24, 2.45) is 5.92 Å². The summed E-state index contributed by atoms with van der Waals surface area (Å²) in [6.45, 7) is 0.825. The van der Waals surface area contributed by atoms with Crippen LogP contribution in [0.2, 0.25) is 0 Å². The highest BCUT2D eigenvalue weighted by molar-refractivity contribution is 9.10. The van der Waals surface area contributed by atoms with Gasteiger partial charge in [0.25, 0.3) is 0 Å². The third-order valence-electron chi connectivity index (χ3n) is 3.60. The Morgan fingerprint density at radius 2 is 2.23 bits per heavy atom. The Bertz CT molecular complexity index is 684. The molecule has 1 fully saturated rings. The number of nitrogens with zero attached hydrogens (tertiary/aromatic N) is 1. The molecule has 3 rings (SSSR count). The molecule has 2 heterocycles. The molecule has 1 aliphatic heterocycles. The first-order chi connectivity index (χ1) is 10.6. The molecule has 6 heteroatoms. The van der Waals surface area contributed by atoms with E-state index in [0.717, 1.165) is 15.9 Å². The number of hydrogen-bond donors (Lipinski definition) is 1. The summed E-state index contributed by atoms with van der Waals surface area (Å²) in [6, 6.07) is 11.0. The predicted molar refractivity (Wildman–Crippen MR) is 85.0 cm³/mol. The molecule has 1 aromatic heterocycles. The van der Waals surface area contributed by atoms with Gasteiger partial charge in [-0.2, -0.15) is 0 Å². The molecule has 0 spiro atoms. The smallest absolute Gasteiger partial charge is 0.229 e. The average molecular weight is 363 g/mol. The van der Waals surface area contributed by atoms with E-state index < -0.39 is 0 Å². The summed E-state index contributed by atoms with van der Waals surface area (Å²) in [5.74, 6) is 0.238. The van der Waals surface area contributed by atoms with Gasteiger partial charge in [0.05, 0.1) is 18.7 Å². The molecule has 0 aliphatic carbocycles. The third kappa shape index (κ3) is 3.39. The predicted octanol–water partition coefficient (Wildman–Crippen LogP) is 3.03. The van der Waals surface area contributed by atoms with Crippen LogP contribution in [0.3, 0.4) is 0 Å². The van der Waals surface area contributed by atoms with E-state index in [0.29, 0.717) is 13.1 Å². The van der Waals surface area contributed by atoms with Crippen molar-refractivity contribution in [3.05, 3.63) is 52.9 Å². The lowest BCUT2D eigenvalue weighted by molar-refractivity contribution is -0.128. The van der Waals surface area contributed by atoms with Crippen molar-refractivity contribution in [1.29, 1.82) is 0 Å². The van der Waals surface area contributed by atoms with Gasteiger partial charge in [-0.3, -0.25) is 9.59 Å². The molecule has 0 bridgehead atoms. The van der Waals surface area contributed by atoms with Gasteiger partial charge >= 0.3 is 0 Å². The summed E-state index contributed by atoms with van der Waals surface area (Å²) >= 11 is 3.36. The van der Waals surface area contributed by atoms with Crippen LogP contribution in [0.5, 0.6) is 0 Å². The highest BCUT2D eigenvalue weighted by Crippen LogP contribution is 2.23. The Morgan fingerprint density at radius 1 is 1.36 bits per heavy atom. The van der Waals surface area contributed by atoms with Crippen LogP contribution in [0.15, 0.2) is 51.6 Å². The zero-order chi connectivity index (χ0) is 15.5. The monoisotopic (exact) mass is 362 g/mol. The Kier molecular flexibility index (Phi) is 4.29. The second-order valence-electron chi connectivity index (χ2n) is 5.25. The van der Waals surface area contributed by atoms with Crippen molar-refractivity contribution in [2.75, 3.05) is 11.9 Å². The highest BCUT2D eigenvalue weighted by Gasteiger charge is 2.34. The minimum absolute atomic E-state index is 0.0224. The van der Waals surface area contributed by atoms with Crippen LogP contribution >= 0.6 is 15.9 Å². The fourth-order valence-electron chi connectivity index (χ4n) is 2.50. The minimum Gasteiger partial charge on any atom is -0.467 e. The largest absolute Gasteiger partial charge is 0.467 e. The van der Waals surface area contributed by atoms with Gasteiger partial charge in [0.2, 0.25) is 11.8 Å². The van der Waals surface area contributed by atoms with Crippen molar-refractivity contribution in [1.82, 2.24) is 4.90 Å². The Balaban J connectivity index is 1.61. The molecule has 22 heavy (non-hydrogen) atoms. The number of furan rings is 1. The van der Waals surface area contributed by atoms with Crippen LogP contribution < -0.4 is 5.32 Å². The van der Waals surface area contributed by atoms with Crippen LogP contribution in [-0.4, -0.2) is 23.3 Å². The van der Waals surface area contributed by atoms with Crippen molar-refractivity contribution in [3.63, 3.8) is 0 Å². The van der Waals surface area contributed by atoms with Gasteiger partial charge in [-0.1, -0.05) is 22.0 Å². The molecule has 1 aromatic carbocycles. The number of anilines is 1. The molecule has 1 unspecified atom stereocenters. The van der Waals surface area contributed by atoms with Crippen LogP contribution in [0.4, 0.5) is 5.69 Å². The Labute approximate surface area is 136 Å². The second-order valence-corrected chi connectivity index (χ2v) is 6.17. The molecule has 2 aromatic rings. The van der Waals surface area contributed by atoms with Gasteiger partial charge in [-0.05, 0) is 30.3 Å². The minimum atomic E-state index is -0.332. The van der Waals surface area contributed by atoms with Gasteiger partial charge in [-0.15, -0.1) is 0 Å². The molecule has 1 N–H and O–H groups in total. The molecule has 1 atom stereocenters. The molecule has 1 aliphatic rings. The number of rotatable bonds is 4. The number of nitrogens with one attached hydrogen (secondary N) is 1. The van der Waals surface area contributed by atoms with E-state index in [4.69, 9.17) is 4.42 Å². The van der Waals surface area contributed by atoms with Gasteiger partial charge < -0.3 is 14.6 Å². The lowest BCUT2D eigenvalue weighted by Gasteiger charge is -2.15. The Hall–Kier alpha value is -2.08. The maximum Gasteiger partial charge on any atom is 0.229 e.